The summed E-state index contributed by atoms with van der Waals surface area (Å²) < 4.78 is 6.94. The molecule has 1 heterocycles. The van der Waals surface area contributed by atoms with Crippen molar-refractivity contribution < 1.29 is 4.74 Å². The normalized spacial score (nSPS) is 16.2. The van der Waals surface area contributed by atoms with Crippen LogP contribution in [-0.4, -0.2) is 19.7 Å². The molecule has 1 aliphatic heterocycles. The third kappa shape index (κ3) is 3.47. The van der Waals surface area contributed by atoms with Gasteiger partial charge in [0.15, 0.2) is 0 Å². The molecule has 2 nitrogen and oxygen atoms in total. The lowest BCUT2D eigenvalue weighted by Crippen LogP contribution is -2.56. The first kappa shape index (κ1) is 14.6. The first-order valence-corrected chi connectivity index (χ1v) is 8.22. The molecular weight excluding hydrogens is 326 g/mol. The SMILES string of the molecule is Brc1ccc(C2(CCCOc3ccccc3)CNC2)cc1. The van der Waals surface area contributed by atoms with Crippen LogP contribution in [0.3, 0.4) is 0 Å². The van der Waals surface area contributed by atoms with Gasteiger partial charge in [0, 0.05) is 23.0 Å². The predicted octanol–water partition coefficient (Wildman–Crippen LogP) is 4.15. The number of hydrogen-bond donors (Lipinski definition) is 1. The molecule has 1 saturated heterocycles. The zero-order chi connectivity index (χ0) is 14.5. The van der Waals surface area contributed by atoms with Crippen LogP contribution in [0, 0.1) is 0 Å². The zero-order valence-corrected chi connectivity index (χ0v) is 13.6. The summed E-state index contributed by atoms with van der Waals surface area (Å²) >= 11 is 3.51. The third-order valence-electron chi connectivity index (χ3n) is 4.19. The molecule has 0 radical (unpaired) electrons. The number of benzene rings is 2. The van der Waals surface area contributed by atoms with Crippen LogP contribution in [0.15, 0.2) is 59.1 Å². The van der Waals surface area contributed by atoms with Crippen LogP contribution in [0.5, 0.6) is 5.75 Å². The summed E-state index contributed by atoms with van der Waals surface area (Å²) in [6.45, 7) is 2.92. The zero-order valence-electron chi connectivity index (χ0n) is 12.0. The van der Waals surface area contributed by atoms with Crippen molar-refractivity contribution in [3.63, 3.8) is 0 Å². The number of rotatable bonds is 6. The molecule has 21 heavy (non-hydrogen) atoms. The molecule has 3 heteroatoms. The molecule has 0 aromatic heterocycles. The fourth-order valence-corrected chi connectivity index (χ4v) is 3.14. The van der Waals surface area contributed by atoms with Gasteiger partial charge in [0.2, 0.25) is 0 Å². The maximum Gasteiger partial charge on any atom is 0.119 e. The molecule has 110 valence electrons. The first-order valence-electron chi connectivity index (χ1n) is 7.43. The van der Waals surface area contributed by atoms with Gasteiger partial charge in [-0.1, -0.05) is 46.3 Å². The van der Waals surface area contributed by atoms with Gasteiger partial charge in [-0.3, -0.25) is 0 Å². The summed E-state index contributed by atoms with van der Waals surface area (Å²) in [4.78, 5) is 0. The fourth-order valence-electron chi connectivity index (χ4n) is 2.87. The van der Waals surface area contributed by atoms with Crippen molar-refractivity contribution in [2.75, 3.05) is 19.7 Å². The van der Waals surface area contributed by atoms with Crippen molar-refractivity contribution in [1.29, 1.82) is 0 Å². The third-order valence-corrected chi connectivity index (χ3v) is 4.72. The largest absolute Gasteiger partial charge is 0.494 e. The minimum absolute atomic E-state index is 0.292. The lowest BCUT2D eigenvalue weighted by molar-refractivity contribution is 0.223. The van der Waals surface area contributed by atoms with E-state index in [1.54, 1.807) is 0 Å². The Hall–Kier alpha value is -1.32. The minimum atomic E-state index is 0.292. The summed E-state index contributed by atoms with van der Waals surface area (Å²) in [5, 5.41) is 3.42. The number of ether oxygens (including phenoxy) is 1. The molecule has 0 atom stereocenters. The van der Waals surface area contributed by atoms with Gasteiger partial charge in [0.05, 0.1) is 6.61 Å². The van der Waals surface area contributed by atoms with Gasteiger partial charge in [-0.25, -0.2) is 0 Å². The molecule has 0 spiro atoms. The van der Waals surface area contributed by atoms with E-state index >= 15 is 0 Å². The van der Waals surface area contributed by atoms with Crippen molar-refractivity contribution in [1.82, 2.24) is 5.32 Å². The molecule has 2 aromatic rings. The number of halogens is 1. The Balaban J connectivity index is 1.54. The van der Waals surface area contributed by atoms with E-state index in [0.717, 1.165) is 42.8 Å². The highest BCUT2D eigenvalue weighted by atomic mass is 79.9. The van der Waals surface area contributed by atoms with Crippen LogP contribution in [0.2, 0.25) is 0 Å². The Bertz CT molecular complexity index is 564. The Morgan fingerprint density at radius 2 is 1.71 bits per heavy atom. The summed E-state index contributed by atoms with van der Waals surface area (Å²) in [6, 6.07) is 18.8. The highest BCUT2D eigenvalue weighted by Crippen LogP contribution is 2.34. The topological polar surface area (TPSA) is 21.3 Å². The van der Waals surface area contributed by atoms with Gasteiger partial charge < -0.3 is 10.1 Å². The van der Waals surface area contributed by atoms with E-state index in [1.165, 1.54) is 5.56 Å². The van der Waals surface area contributed by atoms with Crippen LogP contribution in [0.25, 0.3) is 0 Å². The second-order valence-corrected chi connectivity index (χ2v) is 6.57. The van der Waals surface area contributed by atoms with Crippen molar-refractivity contribution in [2.45, 2.75) is 18.3 Å². The highest BCUT2D eigenvalue weighted by Gasteiger charge is 2.37. The average molecular weight is 346 g/mol. The molecule has 0 bridgehead atoms. The van der Waals surface area contributed by atoms with Crippen molar-refractivity contribution in [3.05, 3.63) is 64.6 Å². The van der Waals surface area contributed by atoms with Gasteiger partial charge in [-0.15, -0.1) is 0 Å². The molecule has 2 aromatic carbocycles. The highest BCUT2D eigenvalue weighted by molar-refractivity contribution is 9.10. The molecule has 1 aliphatic rings. The standard InChI is InChI=1S/C18H20BrNO/c19-16-9-7-15(8-10-16)18(13-20-14-18)11-4-12-21-17-5-2-1-3-6-17/h1-3,5-10,20H,4,11-14H2. The van der Waals surface area contributed by atoms with E-state index in [-0.39, 0.29) is 0 Å². The molecular formula is C18H20BrNO. The van der Waals surface area contributed by atoms with E-state index in [1.807, 2.05) is 30.3 Å². The van der Waals surface area contributed by atoms with E-state index in [9.17, 15) is 0 Å². The Morgan fingerprint density at radius 1 is 1.00 bits per heavy atom. The van der Waals surface area contributed by atoms with E-state index in [4.69, 9.17) is 4.74 Å². The lowest BCUT2D eigenvalue weighted by atomic mass is 9.72. The Labute approximate surface area is 134 Å². The first-order chi connectivity index (χ1) is 10.3. The molecule has 3 rings (SSSR count). The van der Waals surface area contributed by atoms with Crippen LogP contribution in [0.1, 0.15) is 18.4 Å². The Kier molecular flexibility index (Phi) is 4.61. The van der Waals surface area contributed by atoms with Crippen LogP contribution < -0.4 is 10.1 Å². The van der Waals surface area contributed by atoms with Gasteiger partial charge in [-0.2, -0.15) is 0 Å². The monoisotopic (exact) mass is 345 g/mol. The quantitative estimate of drug-likeness (QED) is 0.794. The molecule has 1 fully saturated rings. The lowest BCUT2D eigenvalue weighted by Gasteiger charge is -2.43. The van der Waals surface area contributed by atoms with Gasteiger partial charge in [0.1, 0.15) is 5.75 Å². The summed E-state index contributed by atoms with van der Waals surface area (Å²) in [5.74, 6) is 0.960. The average Bonchev–Trinajstić information content (AvgIpc) is 2.48. The summed E-state index contributed by atoms with van der Waals surface area (Å²) in [7, 11) is 0. The summed E-state index contributed by atoms with van der Waals surface area (Å²) in [6.07, 6.45) is 2.24. The predicted molar refractivity (Wildman–Crippen MR) is 89.9 cm³/mol. The number of nitrogens with one attached hydrogen (secondary N) is 1. The maximum absolute atomic E-state index is 5.80. The van der Waals surface area contributed by atoms with Gasteiger partial charge in [0.25, 0.3) is 0 Å². The number of para-hydroxylation sites is 1. The molecule has 1 N–H and O–H groups in total. The van der Waals surface area contributed by atoms with Crippen LogP contribution in [-0.2, 0) is 5.41 Å². The molecule has 0 aliphatic carbocycles. The smallest absolute Gasteiger partial charge is 0.119 e. The fraction of sp³-hybridized carbons (Fsp3) is 0.333. The van der Waals surface area contributed by atoms with E-state index in [2.05, 4.69) is 45.5 Å². The summed E-state index contributed by atoms with van der Waals surface area (Å²) in [5.41, 5.74) is 1.73. The second-order valence-electron chi connectivity index (χ2n) is 5.66. The van der Waals surface area contributed by atoms with E-state index < -0.39 is 0 Å². The molecule has 0 amide bonds. The van der Waals surface area contributed by atoms with Gasteiger partial charge in [-0.05, 0) is 42.7 Å². The van der Waals surface area contributed by atoms with Crippen LogP contribution in [0.4, 0.5) is 0 Å². The number of hydrogen-bond acceptors (Lipinski definition) is 2. The minimum Gasteiger partial charge on any atom is -0.494 e. The van der Waals surface area contributed by atoms with Crippen molar-refractivity contribution >= 4 is 15.9 Å². The maximum atomic E-state index is 5.80. The Morgan fingerprint density at radius 3 is 2.33 bits per heavy atom. The van der Waals surface area contributed by atoms with Crippen molar-refractivity contribution in [2.24, 2.45) is 0 Å². The van der Waals surface area contributed by atoms with Crippen molar-refractivity contribution in [3.8, 4) is 5.75 Å². The van der Waals surface area contributed by atoms with Crippen LogP contribution >= 0.6 is 15.9 Å². The van der Waals surface area contributed by atoms with Gasteiger partial charge >= 0.3 is 0 Å². The van der Waals surface area contributed by atoms with E-state index in [0.29, 0.717) is 5.41 Å². The molecule has 0 saturated carbocycles. The second kappa shape index (κ2) is 6.63. The molecule has 0 unspecified atom stereocenters.